The smallest absolute Gasteiger partial charge is 0.101 e. The van der Waals surface area contributed by atoms with Crippen LogP contribution in [0.2, 0.25) is 0 Å². The molecule has 1 unspecified atom stereocenters. The highest BCUT2D eigenvalue weighted by Crippen LogP contribution is 2.24. The highest BCUT2D eigenvalue weighted by molar-refractivity contribution is 4.97. The maximum Gasteiger partial charge on any atom is 0.101 e. The molecule has 1 rings (SSSR count). The van der Waals surface area contributed by atoms with Gasteiger partial charge in [-0.1, -0.05) is 175 Å². The minimum Gasteiger partial charge on any atom is -0.356 e. The molecule has 0 bridgehead atoms. The molecule has 0 amide bonds. The number of rotatable bonds is 30. The second-order valence-corrected chi connectivity index (χ2v) is 12.5. The van der Waals surface area contributed by atoms with E-state index in [4.69, 9.17) is 0 Å². The topological polar surface area (TPSA) is 6.48 Å². The summed E-state index contributed by atoms with van der Waals surface area (Å²) >= 11 is 0. The minimum atomic E-state index is 0.642. The Labute approximate surface area is 241 Å². The summed E-state index contributed by atoms with van der Waals surface area (Å²) in [5.74, 6) is 0. The van der Waals surface area contributed by atoms with Crippen molar-refractivity contribution in [1.82, 2.24) is 9.80 Å². The van der Waals surface area contributed by atoms with Crippen molar-refractivity contribution in [2.24, 2.45) is 0 Å². The number of nitrogens with zero attached hydrogens (tertiary/aromatic N) is 2. The van der Waals surface area contributed by atoms with Gasteiger partial charge in [0.25, 0.3) is 0 Å². The van der Waals surface area contributed by atoms with Gasteiger partial charge >= 0.3 is 0 Å². The van der Waals surface area contributed by atoms with Gasteiger partial charge in [-0.3, -0.25) is 0 Å². The Kier molecular flexibility index (Phi) is 26.0. The lowest BCUT2D eigenvalue weighted by Gasteiger charge is -2.33. The van der Waals surface area contributed by atoms with Crippen LogP contribution >= 0.6 is 0 Å². The van der Waals surface area contributed by atoms with Crippen molar-refractivity contribution < 1.29 is 0 Å². The van der Waals surface area contributed by atoms with Crippen LogP contribution in [0.25, 0.3) is 0 Å². The summed E-state index contributed by atoms with van der Waals surface area (Å²) in [5.41, 5.74) is 0. The molecule has 0 radical (unpaired) electrons. The molecule has 38 heavy (non-hydrogen) atoms. The molecule has 0 spiro atoms. The first-order valence-electron chi connectivity index (χ1n) is 18.0. The van der Waals surface area contributed by atoms with Crippen LogP contribution in [0.15, 0.2) is 12.4 Å². The van der Waals surface area contributed by atoms with Gasteiger partial charge in [-0.05, 0) is 25.7 Å². The SMILES string of the molecule is CCCCCCCCCCCCCCCCCC1N(CCCCCC)C=CN1CCCCCCCCCC. The first-order chi connectivity index (χ1) is 18.8. The van der Waals surface area contributed by atoms with E-state index < -0.39 is 0 Å². The number of hydrogen-bond donors (Lipinski definition) is 0. The molecule has 0 aliphatic carbocycles. The molecule has 0 aromatic rings. The third kappa shape index (κ3) is 20.3. The quantitative estimate of drug-likeness (QED) is 0.0848. The van der Waals surface area contributed by atoms with E-state index in [9.17, 15) is 0 Å². The van der Waals surface area contributed by atoms with Gasteiger partial charge in [-0.15, -0.1) is 0 Å². The van der Waals surface area contributed by atoms with Crippen LogP contribution in [0.5, 0.6) is 0 Å². The molecule has 0 aromatic carbocycles. The maximum atomic E-state index is 2.70. The summed E-state index contributed by atoms with van der Waals surface area (Å²) in [4.78, 5) is 5.38. The van der Waals surface area contributed by atoms with Gasteiger partial charge in [0.2, 0.25) is 0 Å². The van der Waals surface area contributed by atoms with Gasteiger partial charge in [0.1, 0.15) is 6.17 Å². The van der Waals surface area contributed by atoms with Crippen molar-refractivity contribution in [2.45, 2.75) is 207 Å². The zero-order valence-corrected chi connectivity index (χ0v) is 26.8. The molecule has 1 heterocycles. The lowest BCUT2D eigenvalue weighted by molar-refractivity contribution is 0.135. The molecule has 1 aliphatic rings. The molecule has 0 aromatic heterocycles. The number of hydrogen-bond acceptors (Lipinski definition) is 2. The standard InChI is InChI=1S/C36H72N2/c1-4-7-10-13-15-17-18-19-20-21-22-23-24-26-28-31-36-37(32-29-12-9-6-3)34-35-38(36)33-30-27-25-16-14-11-8-5-2/h34-36H,4-33H2,1-3H3. The van der Waals surface area contributed by atoms with E-state index >= 15 is 0 Å². The van der Waals surface area contributed by atoms with E-state index in [1.165, 1.54) is 193 Å². The van der Waals surface area contributed by atoms with Crippen LogP contribution in [-0.4, -0.2) is 29.1 Å². The van der Waals surface area contributed by atoms with Crippen molar-refractivity contribution in [3.05, 3.63) is 12.4 Å². The molecule has 0 N–H and O–H groups in total. The van der Waals surface area contributed by atoms with E-state index in [-0.39, 0.29) is 0 Å². The Morgan fingerprint density at radius 1 is 0.342 bits per heavy atom. The van der Waals surface area contributed by atoms with E-state index in [0.29, 0.717) is 6.17 Å². The van der Waals surface area contributed by atoms with Crippen molar-refractivity contribution >= 4 is 0 Å². The van der Waals surface area contributed by atoms with Crippen LogP contribution in [0.1, 0.15) is 201 Å². The van der Waals surface area contributed by atoms with Crippen molar-refractivity contribution in [3.8, 4) is 0 Å². The Hall–Kier alpha value is -0.660. The van der Waals surface area contributed by atoms with E-state index in [1.807, 2.05) is 0 Å². The van der Waals surface area contributed by atoms with Crippen LogP contribution in [0.3, 0.4) is 0 Å². The van der Waals surface area contributed by atoms with Gasteiger partial charge in [-0.25, -0.2) is 0 Å². The second kappa shape index (κ2) is 27.9. The fraction of sp³-hybridized carbons (Fsp3) is 0.944. The molecule has 1 aliphatic heterocycles. The predicted octanol–water partition coefficient (Wildman–Crippen LogP) is 12.4. The van der Waals surface area contributed by atoms with E-state index in [2.05, 4.69) is 43.0 Å². The van der Waals surface area contributed by atoms with Crippen LogP contribution in [0.4, 0.5) is 0 Å². The van der Waals surface area contributed by atoms with Gasteiger partial charge in [0.05, 0.1) is 0 Å². The predicted molar refractivity (Wildman–Crippen MR) is 173 cm³/mol. The Morgan fingerprint density at radius 2 is 0.605 bits per heavy atom. The third-order valence-corrected chi connectivity index (χ3v) is 8.82. The average molecular weight is 533 g/mol. The zero-order valence-electron chi connectivity index (χ0n) is 26.8. The molecule has 226 valence electrons. The monoisotopic (exact) mass is 533 g/mol. The Morgan fingerprint density at radius 3 is 0.947 bits per heavy atom. The van der Waals surface area contributed by atoms with E-state index in [0.717, 1.165) is 0 Å². The normalized spacial score (nSPS) is 15.3. The van der Waals surface area contributed by atoms with Gasteiger partial charge in [0.15, 0.2) is 0 Å². The van der Waals surface area contributed by atoms with Crippen LogP contribution < -0.4 is 0 Å². The first kappa shape index (κ1) is 35.4. The van der Waals surface area contributed by atoms with Crippen molar-refractivity contribution in [1.29, 1.82) is 0 Å². The van der Waals surface area contributed by atoms with E-state index in [1.54, 1.807) is 0 Å². The summed E-state index contributed by atoms with van der Waals surface area (Å²) < 4.78 is 0. The lowest BCUT2D eigenvalue weighted by Crippen LogP contribution is -2.39. The number of unbranched alkanes of at least 4 members (excludes halogenated alkanes) is 24. The minimum absolute atomic E-state index is 0.642. The summed E-state index contributed by atoms with van der Waals surface area (Å²) in [6, 6.07) is 0. The molecular weight excluding hydrogens is 460 g/mol. The molecule has 2 nitrogen and oxygen atoms in total. The van der Waals surface area contributed by atoms with Crippen LogP contribution in [-0.2, 0) is 0 Å². The summed E-state index contributed by atoms with van der Waals surface area (Å²) in [7, 11) is 0. The molecule has 2 heteroatoms. The maximum absolute atomic E-state index is 2.70. The summed E-state index contributed by atoms with van der Waals surface area (Å²) in [6.45, 7) is 9.46. The van der Waals surface area contributed by atoms with Crippen molar-refractivity contribution in [3.63, 3.8) is 0 Å². The summed E-state index contributed by atoms with van der Waals surface area (Å²) in [6.07, 6.45) is 45.5. The second-order valence-electron chi connectivity index (χ2n) is 12.5. The fourth-order valence-electron chi connectivity index (χ4n) is 6.19. The Balaban J connectivity index is 2.12. The Bertz CT molecular complexity index is 488. The van der Waals surface area contributed by atoms with Gasteiger partial charge in [0, 0.05) is 25.5 Å². The van der Waals surface area contributed by atoms with Crippen molar-refractivity contribution in [2.75, 3.05) is 13.1 Å². The van der Waals surface area contributed by atoms with Crippen LogP contribution in [0, 0.1) is 0 Å². The zero-order chi connectivity index (χ0) is 27.4. The molecule has 1 atom stereocenters. The van der Waals surface area contributed by atoms with Gasteiger partial charge < -0.3 is 9.80 Å². The van der Waals surface area contributed by atoms with Gasteiger partial charge in [-0.2, -0.15) is 0 Å². The fourth-order valence-corrected chi connectivity index (χ4v) is 6.19. The third-order valence-electron chi connectivity index (χ3n) is 8.82. The summed E-state index contributed by atoms with van der Waals surface area (Å²) in [5, 5.41) is 0. The average Bonchev–Trinajstić information content (AvgIpc) is 3.31. The lowest BCUT2D eigenvalue weighted by atomic mass is 10.0. The first-order valence-corrected chi connectivity index (χ1v) is 18.0. The molecule has 0 saturated carbocycles. The molecule has 0 fully saturated rings. The molecule has 0 saturated heterocycles. The highest BCUT2D eigenvalue weighted by Gasteiger charge is 2.24. The molecular formula is C36H72N2. The highest BCUT2D eigenvalue weighted by atomic mass is 15.4. The largest absolute Gasteiger partial charge is 0.356 e.